The van der Waals surface area contributed by atoms with E-state index in [4.69, 9.17) is 0 Å². The minimum absolute atomic E-state index is 0.118. The molecule has 0 amide bonds. The van der Waals surface area contributed by atoms with E-state index in [1.165, 1.54) is 13.1 Å². The summed E-state index contributed by atoms with van der Waals surface area (Å²) in [4.78, 5) is 4.90. The van der Waals surface area contributed by atoms with Gasteiger partial charge in [-0.15, -0.1) is 0 Å². The minimum Gasteiger partial charge on any atom is -0.391 e. The van der Waals surface area contributed by atoms with Gasteiger partial charge in [0.15, 0.2) is 0 Å². The summed E-state index contributed by atoms with van der Waals surface area (Å²) in [6.45, 7) is 7.85. The Morgan fingerprint density at radius 2 is 2.00 bits per heavy atom. The van der Waals surface area contributed by atoms with E-state index in [-0.39, 0.29) is 6.10 Å². The summed E-state index contributed by atoms with van der Waals surface area (Å²) in [6.07, 6.45) is 0.766. The fourth-order valence-electron chi connectivity index (χ4n) is 2.29. The van der Waals surface area contributed by atoms with E-state index in [0.717, 1.165) is 26.1 Å². The van der Waals surface area contributed by atoms with Gasteiger partial charge in [-0.3, -0.25) is 9.80 Å². The van der Waals surface area contributed by atoms with E-state index < -0.39 is 0 Å². The van der Waals surface area contributed by atoms with Gasteiger partial charge in [-0.25, -0.2) is 0 Å². The molecule has 3 aliphatic heterocycles. The number of hydrogen-bond acceptors (Lipinski definition) is 3. The topological polar surface area (TPSA) is 26.7 Å². The van der Waals surface area contributed by atoms with Gasteiger partial charge in [0.05, 0.1) is 6.10 Å². The van der Waals surface area contributed by atoms with Gasteiger partial charge in [0.2, 0.25) is 0 Å². The van der Waals surface area contributed by atoms with Crippen LogP contribution in [-0.4, -0.2) is 59.8 Å². The molecule has 0 saturated carbocycles. The van der Waals surface area contributed by atoms with Crippen LogP contribution in [-0.2, 0) is 0 Å². The highest BCUT2D eigenvalue weighted by atomic mass is 16.3. The molecule has 3 rings (SSSR count). The second kappa shape index (κ2) is 3.32. The molecule has 1 N–H and O–H groups in total. The van der Waals surface area contributed by atoms with Crippen LogP contribution in [0.2, 0.25) is 0 Å². The number of rotatable bonds is 2. The van der Waals surface area contributed by atoms with Crippen molar-refractivity contribution < 1.29 is 5.11 Å². The largest absolute Gasteiger partial charge is 0.391 e. The Bertz CT molecular complexity index is 155. The average molecular weight is 170 g/mol. The normalized spacial score (nSPS) is 43.0. The number of fused-ring (bicyclic) bond motifs is 3. The first-order valence-electron chi connectivity index (χ1n) is 4.95. The molecule has 3 fully saturated rings. The summed E-state index contributed by atoms with van der Waals surface area (Å²) in [5.41, 5.74) is 0. The molecule has 70 valence electrons. The lowest BCUT2D eigenvalue weighted by molar-refractivity contribution is -0.0465. The third kappa shape index (κ3) is 1.37. The van der Waals surface area contributed by atoms with Gasteiger partial charge in [-0.05, 0) is 6.42 Å². The van der Waals surface area contributed by atoms with Crippen LogP contribution >= 0.6 is 0 Å². The second-order valence-corrected chi connectivity index (χ2v) is 3.88. The molecule has 0 spiro atoms. The van der Waals surface area contributed by atoms with Gasteiger partial charge in [0, 0.05) is 38.8 Å². The highest BCUT2D eigenvalue weighted by Crippen LogP contribution is 2.19. The fourth-order valence-corrected chi connectivity index (χ4v) is 2.29. The van der Waals surface area contributed by atoms with Crippen LogP contribution in [0.4, 0.5) is 0 Å². The Morgan fingerprint density at radius 3 is 2.42 bits per heavy atom. The van der Waals surface area contributed by atoms with Gasteiger partial charge in [0.1, 0.15) is 0 Å². The minimum atomic E-state index is -0.118. The van der Waals surface area contributed by atoms with E-state index in [1.54, 1.807) is 0 Å². The first-order valence-corrected chi connectivity index (χ1v) is 4.95. The van der Waals surface area contributed by atoms with Crippen molar-refractivity contribution in [3.05, 3.63) is 0 Å². The van der Waals surface area contributed by atoms with E-state index in [0.29, 0.717) is 6.04 Å². The zero-order valence-electron chi connectivity index (χ0n) is 7.74. The summed E-state index contributed by atoms with van der Waals surface area (Å²) in [7, 11) is 0. The van der Waals surface area contributed by atoms with E-state index >= 15 is 0 Å². The molecule has 0 radical (unpaired) electrons. The standard InChI is InChI=1S/C9H18N2O/c1-2-9(12)8-7-10-3-5-11(8)6-4-10/h8-9,12H,2-7H2,1H3. The molecule has 2 atom stereocenters. The van der Waals surface area contributed by atoms with Gasteiger partial charge in [-0.1, -0.05) is 6.92 Å². The third-order valence-corrected chi connectivity index (χ3v) is 3.18. The fraction of sp³-hybridized carbons (Fsp3) is 1.00. The van der Waals surface area contributed by atoms with Crippen LogP contribution in [0.25, 0.3) is 0 Å². The Balaban J connectivity index is 1.99. The van der Waals surface area contributed by atoms with Crippen molar-refractivity contribution >= 4 is 0 Å². The van der Waals surface area contributed by atoms with Crippen molar-refractivity contribution in [1.29, 1.82) is 0 Å². The lowest BCUT2D eigenvalue weighted by Gasteiger charge is -2.48. The molecule has 2 bridgehead atoms. The van der Waals surface area contributed by atoms with Crippen LogP contribution in [0.1, 0.15) is 13.3 Å². The monoisotopic (exact) mass is 170 g/mol. The average Bonchev–Trinajstić information content (AvgIpc) is 2.18. The number of aliphatic hydroxyl groups is 1. The van der Waals surface area contributed by atoms with Crippen LogP contribution in [0, 0.1) is 0 Å². The molecular weight excluding hydrogens is 152 g/mol. The van der Waals surface area contributed by atoms with Crippen molar-refractivity contribution in [2.24, 2.45) is 0 Å². The Hall–Kier alpha value is -0.120. The SMILES string of the molecule is CCC(O)C1CN2CCN1CC2. The second-order valence-electron chi connectivity index (χ2n) is 3.88. The van der Waals surface area contributed by atoms with Gasteiger partial charge < -0.3 is 5.11 Å². The summed E-state index contributed by atoms with van der Waals surface area (Å²) in [6, 6.07) is 0.414. The van der Waals surface area contributed by atoms with Crippen molar-refractivity contribution in [3.63, 3.8) is 0 Å². The molecule has 0 aromatic carbocycles. The van der Waals surface area contributed by atoms with Gasteiger partial charge in [0.25, 0.3) is 0 Å². The molecular formula is C9H18N2O. The molecule has 3 saturated heterocycles. The quantitative estimate of drug-likeness (QED) is 0.619. The highest BCUT2D eigenvalue weighted by molar-refractivity contribution is 4.91. The highest BCUT2D eigenvalue weighted by Gasteiger charge is 2.34. The maximum atomic E-state index is 9.74. The van der Waals surface area contributed by atoms with Gasteiger partial charge in [-0.2, -0.15) is 0 Å². The third-order valence-electron chi connectivity index (χ3n) is 3.18. The molecule has 12 heavy (non-hydrogen) atoms. The summed E-state index contributed by atoms with van der Waals surface area (Å²) in [5.74, 6) is 0. The van der Waals surface area contributed by atoms with E-state index in [9.17, 15) is 5.11 Å². The summed E-state index contributed by atoms with van der Waals surface area (Å²) in [5, 5.41) is 9.74. The molecule has 3 aliphatic rings. The van der Waals surface area contributed by atoms with Crippen LogP contribution in [0.15, 0.2) is 0 Å². The molecule has 3 nitrogen and oxygen atoms in total. The Labute approximate surface area is 74.0 Å². The van der Waals surface area contributed by atoms with Crippen molar-refractivity contribution in [1.82, 2.24) is 9.80 Å². The maximum Gasteiger partial charge on any atom is 0.0705 e. The van der Waals surface area contributed by atoms with E-state index in [1.807, 2.05) is 0 Å². The predicted octanol–water partition coefficient (Wildman–Crippen LogP) is -0.243. The van der Waals surface area contributed by atoms with Crippen molar-refractivity contribution in [3.8, 4) is 0 Å². The van der Waals surface area contributed by atoms with Crippen LogP contribution in [0.3, 0.4) is 0 Å². The molecule has 3 heterocycles. The first-order chi connectivity index (χ1) is 5.81. The van der Waals surface area contributed by atoms with Crippen molar-refractivity contribution in [2.75, 3.05) is 32.7 Å². The van der Waals surface area contributed by atoms with Crippen molar-refractivity contribution in [2.45, 2.75) is 25.5 Å². The van der Waals surface area contributed by atoms with Gasteiger partial charge >= 0.3 is 0 Å². The van der Waals surface area contributed by atoms with Crippen LogP contribution < -0.4 is 0 Å². The van der Waals surface area contributed by atoms with E-state index in [2.05, 4.69) is 16.7 Å². The zero-order chi connectivity index (χ0) is 8.55. The Kier molecular flexibility index (Phi) is 2.35. The number of piperazine rings is 3. The molecule has 0 aromatic rings. The molecule has 0 aliphatic carbocycles. The smallest absolute Gasteiger partial charge is 0.0705 e. The molecule has 0 aromatic heterocycles. The molecule has 2 unspecified atom stereocenters. The predicted molar refractivity (Wildman–Crippen MR) is 48.1 cm³/mol. The number of hydrogen-bond donors (Lipinski definition) is 1. The molecule has 3 heteroatoms. The number of aliphatic hydroxyl groups excluding tert-OH is 1. The number of nitrogens with zero attached hydrogens (tertiary/aromatic N) is 2. The summed E-state index contributed by atoms with van der Waals surface area (Å²) < 4.78 is 0. The lowest BCUT2D eigenvalue weighted by atomic mass is 10.0. The Morgan fingerprint density at radius 1 is 1.33 bits per heavy atom. The summed E-state index contributed by atoms with van der Waals surface area (Å²) >= 11 is 0. The zero-order valence-corrected chi connectivity index (χ0v) is 7.74. The maximum absolute atomic E-state index is 9.74. The van der Waals surface area contributed by atoms with Crippen LogP contribution in [0.5, 0.6) is 0 Å². The first kappa shape index (κ1) is 8.48. The lowest BCUT2D eigenvalue weighted by Crippen LogP contribution is -2.64.